The highest BCUT2D eigenvalue weighted by Crippen LogP contribution is 2.25. The van der Waals surface area contributed by atoms with E-state index in [2.05, 4.69) is 20.3 Å². The predicted molar refractivity (Wildman–Crippen MR) is 110 cm³/mol. The molecule has 29 heavy (non-hydrogen) atoms. The van der Waals surface area contributed by atoms with Gasteiger partial charge in [-0.25, -0.2) is 4.98 Å². The molecule has 4 aromatic rings. The van der Waals surface area contributed by atoms with Crippen LogP contribution >= 0.6 is 11.3 Å². The highest BCUT2D eigenvalue weighted by Gasteiger charge is 2.15. The summed E-state index contributed by atoms with van der Waals surface area (Å²) in [5.74, 6) is 0. The largest absolute Gasteiger partial charge is 0.301 e. The van der Waals surface area contributed by atoms with Crippen LogP contribution in [0.15, 0.2) is 75.0 Å². The highest BCUT2D eigenvalue weighted by molar-refractivity contribution is 7.12. The van der Waals surface area contributed by atoms with Crippen molar-refractivity contribution >= 4 is 28.4 Å². The first-order chi connectivity index (χ1) is 14.0. The number of nitro benzene ring substituents is 1. The summed E-state index contributed by atoms with van der Waals surface area (Å²) in [5.41, 5.74) is 2.15. The molecular weight excluding hydrogens is 392 g/mol. The number of hydrogen-bond donors (Lipinski definition) is 1. The zero-order valence-corrected chi connectivity index (χ0v) is 16.0. The second-order valence-electron chi connectivity index (χ2n) is 6.08. The van der Waals surface area contributed by atoms with Crippen molar-refractivity contribution in [1.29, 1.82) is 0 Å². The Balaban J connectivity index is 1.65. The number of thiazole rings is 1. The smallest absolute Gasteiger partial charge is 0.291 e. The van der Waals surface area contributed by atoms with Crippen LogP contribution in [0.1, 0.15) is 5.69 Å². The van der Waals surface area contributed by atoms with Crippen molar-refractivity contribution in [3.05, 3.63) is 86.1 Å². The van der Waals surface area contributed by atoms with Crippen LogP contribution in [0, 0.1) is 17.0 Å². The van der Waals surface area contributed by atoms with Crippen molar-refractivity contribution in [2.24, 2.45) is 10.2 Å². The molecule has 0 fully saturated rings. The summed E-state index contributed by atoms with van der Waals surface area (Å²) < 4.78 is 1.31. The average molecular weight is 406 g/mol. The molecule has 4 rings (SSSR count). The van der Waals surface area contributed by atoms with Crippen molar-refractivity contribution in [2.45, 2.75) is 6.92 Å². The fourth-order valence-electron chi connectivity index (χ4n) is 2.68. The number of aryl methyl sites for hydroxylation is 1. The fraction of sp³-hybridized carbons (Fsp3) is 0.0526. The van der Waals surface area contributed by atoms with Crippen LogP contribution < -0.4 is 5.56 Å². The maximum absolute atomic E-state index is 12.8. The minimum atomic E-state index is -0.514. The normalized spacial score (nSPS) is 11.2. The summed E-state index contributed by atoms with van der Waals surface area (Å²) in [6, 6.07) is 15.4. The third-order valence-electron chi connectivity index (χ3n) is 4.10. The van der Waals surface area contributed by atoms with Gasteiger partial charge in [-0.2, -0.15) is 9.80 Å². The Bertz CT molecular complexity index is 1270. The van der Waals surface area contributed by atoms with Gasteiger partial charge < -0.3 is 0 Å². The van der Waals surface area contributed by atoms with Gasteiger partial charge in [-0.3, -0.25) is 20.0 Å². The minimum absolute atomic E-state index is 0.0964. The third kappa shape index (κ3) is 3.73. The number of aromatic amines is 1. The number of rotatable bonds is 5. The molecule has 0 aliphatic carbocycles. The molecule has 2 aromatic carbocycles. The quantitative estimate of drug-likeness (QED) is 0.287. The molecule has 144 valence electrons. The Morgan fingerprint density at radius 1 is 1.14 bits per heavy atom. The Labute approximate surface area is 168 Å². The predicted octanol–water partition coefficient (Wildman–Crippen LogP) is 4.92. The number of nitrogens with one attached hydrogen (secondary N) is 1. The van der Waals surface area contributed by atoms with Crippen molar-refractivity contribution < 1.29 is 4.92 Å². The number of nitro groups is 1. The van der Waals surface area contributed by atoms with Crippen molar-refractivity contribution in [3.63, 3.8) is 0 Å². The number of azo groups is 1. The van der Waals surface area contributed by atoms with Crippen molar-refractivity contribution in [2.75, 3.05) is 0 Å². The molecule has 0 saturated heterocycles. The van der Waals surface area contributed by atoms with Crippen molar-refractivity contribution in [3.8, 4) is 16.4 Å². The lowest BCUT2D eigenvalue weighted by molar-refractivity contribution is -0.384. The summed E-state index contributed by atoms with van der Waals surface area (Å²) in [5, 5.41) is 24.1. The number of H-pyrrole nitrogens is 1. The minimum Gasteiger partial charge on any atom is -0.291 e. The zero-order chi connectivity index (χ0) is 20.4. The molecule has 0 amide bonds. The number of benzene rings is 2. The topological polar surface area (TPSA) is 119 Å². The second kappa shape index (κ2) is 7.60. The molecule has 1 N–H and O–H groups in total. The average Bonchev–Trinajstić information content (AvgIpc) is 3.32. The zero-order valence-electron chi connectivity index (χ0n) is 15.1. The van der Waals surface area contributed by atoms with Crippen LogP contribution in [0.4, 0.5) is 17.1 Å². The number of nitrogens with zero attached hydrogens (tertiary/aromatic N) is 5. The molecule has 0 aliphatic rings. The summed E-state index contributed by atoms with van der Waals surface area (Å²) >= 11 is 1.33. The molecule has 0 aliphatic heterocycles. The summed E-state index contributed by atoms with van der Waals surface area (Å²) in [7, 11) is 0. The van der Waals surface area contributed by atoms with E-state index in [1.807, 2.05) is 35.7 Å². The molecule has 0 atom stereocenters. The lowest BCUT2D eigenvalue weighted by Crippen LogP contribution is -2.13. The van der Waals surface area contributed by atoms with Gasteiger partial charge in [-0.1, -0.05) is 36.4 Å². The Morgan fingerprint density at radius 2 is 1.93 bits per heavy atom. The van der Waals surface area contributed by atoms with Gasteiger partial charge in [0.25, 0.3) is 5.69 Å². The number of non-ortho nitro benzene ring substituents is 1. The van der Waals surface area contributed by atoms with E-state index in [-0.39, 0.29) is 17.1 Å². The standard InChI is InChI=1S/C19H14N6O3S/c1-12-17(22-21-14-8-5-9-15(10-14)25(27)28)18(26)24(23-12)19-20-16(11-29-19)13-6-3-2-4-7-13/h2-11,23H,1H3. The van der Waals surface area contributed by atoms with E-state index in [0.29, 0.717) is 10.8 Å². The van der Waals surface area contributed by atoms with Gasteiger partial charge in [-0.15, -0.1) is 16.5 Å². The van der Waals surface area contributed by atoms with Crippen LogP contribution in [0.25, 0.3) is 16.4 Å². The Hall–Kier alpha value is -3.92. The van der Waals surface area contributed by atoms with Gasteiger partial charge >= 0.3 is 5.56 Å². The van der Waals surface area contributed by atoms with Crippen LogP contribution in [0.2, 0.25) is 0 Å². The first-order valence-corrected chi connectivity index (χ1v) is 9.40. The van der Waals surface area contributed by atoms with E-state index in [0.717, 1.165) is 11.3 Å². The van der Waals surface area contributed by atoms with Gasteiger partial charge in [0.2, 0.25) is 5.13 Å². The van der Waals surface area contributed by atoms with Gasteiger partial charge in [-0.05, 0) is 13.0 Å². The molecule has 9 nitrogen and oxygen atoms in total. The SMILES string of the molecule is Cc1[nH]n(-c2nc(-c3ccccc3)cs2)c(=O)c1N=Nc1cccc([N+](=O)[O-])c1. The Morgan fingerprint density at radius 3 is 2.69 bits per heavy atom. The molecule has 0 spiro atoms. The van der Waals surface area contributed by atoms with Crippen LogP contribution in [-0.2, 0) is 0 Å². The lowest BCUT2D eigenvalue weighted by Gasteiger charge is -1.95. The van der Waals surface area contributed by atoms with Gasteiger partial charge in [0, 0.05) is 23.1 Å². The molecule has 0 unspecified atom stereocenters. The molecule has 2 heterocycles. The summed E-state index contributed by atoms with van der Waals surface area (Å²) in [4.78, 5) is 27.6. The molecule has 0 saturated carbocycles. The van der Waals surface area contributed by atoms with Crippen LogP contribution in [0.5, 0.6) is 0 Å². The molecule has 10 heteroatoms. The van der Waals surface area contributed by atoms with E-state index >= 15 is 0 Å². The van der Waals surface area contributed by atoms with E-state index < -0.39 is 10.5 Å². The first-order valence-electron chi connectivity index (χ1n) is 8.52. The highest BCUT2D eigenvalue weighted by atomic mass is 32.1. The first kappa shape index (κ1) is 18.4. The molecule has 0 radical (unpaired) electrons. The summed E-state index contributed by atoms with van der Waals surface area (Å²) in [6.07, 6.45) is 0. The molecule has 2 aromatic heterocycles. The van der Waals surface area contributed by atoms with Crippen LogP contribution in [0.3, 0.4) is 0 Å². The number of aromatic nitrogens is 3. The summed E-state index contributed by atoms with van der Waals surface area (Å²) in [6.45, 7) is 1.70. The van der Waals surface area contributed by atoms with Gasteiger partial charge in [0.15, 0.2) is 5.69 Å². The molecular formula is C19H14N6O3S. The van der Waals surface area contributed by atoms with E-state index in [4.69, 9.17) is 0 Å². The third-order valence-corrected chi connectivity index (χ3v) is 4.93. The van der Waals surface area contributed by atoms with Crippen molar-refractivity contribution in [1.82, 2.24) is 14.8 Å². The second-order valence-corrected chi connectivity index (χ2v) is 6.92. The van der Waals surface area contributed by atoms with E-state index in [9.17, 15) is 14.9 Å². The Kier molecular flexibility index (Phi) is 4.83. The van der Waals surface area contributed by atoms with Gasteiger partial charge in [0.05, 0.1) is 22.0 Å². The van der Waals surface area contributed by atoms with E-state index in [1.54, 1.807) is 13.0 Å². The van der Waals surface area contributed by atoms with Gasteiger partial charge in [0.1, 0.15) is 0 Å². The molecule has 0 bridgehead atoms. The number of hydrogen-bond acceptors (Lipinski definition) is 7. The fourth-order valence-corrected chi connectivity index (χ4v) is 3.47. The maximum atomic E-state index is 12.8. The lowest BCUT2D eigenvalue weighted by atomic mass is 10.2. The maximum Gasteiger partial charge on any atom is 0.301 e. The van der Waals surface area contributed by atoms with E-state index in [1.165, 1.54) is 34.2 Å². The van der Waals surface area contributed by atoms with Crippen LogP contribution in [-0.4, -0.2) is 19.7 Å². The monoisotopic (exact) mass is 406 g/mol.